The number of amides is 1. The second kappa shape index (κ2) is 4.51. The molecule has 1 N–H and O–H groups in total. The first-order chi connectivity index (χ1) is 6.04. The Hall–Kier alpha value is 0.0400. The minimum atomic E-state index is -0.206. The van der Waals surface area contributed by atoms with E-state index < -0.39 is 0 Å². The van der Waals surface area contributed by atoms with Gasteiger partial charge in [-0.1, -0.05) is 22.5 Å². The van der Waals surface area contributed by atoms with E-state index in [1.165, 1.54) is 0 Å². The SMILES string of the molecule is C=C(Br)CNC(=O)C1(C)CCCS1. The molecule has 0 aromatic rings. The Morgan fingerprint density at radius 3 is 2.92 bits per heavy atom. The highest BCUT2D eigenvalue weighted by Gasteiger charge is 2.36. The molecule has 1 amide bonds. The normalized spacial score (nSPS) is 27.2. The lowest BCUT2D eigenvalue weighted by Crippen LogP contribution is -2.40. The Morgan fingerprint density at radius 2 is 2.46 bits per heavy atom. The minimum Gasteiger partial charge on any atom is -0.350 e. The summed E-state index contributed by atoms with van der Waals surface area (Å²) >= 11 is 4.96. The van der Waals surface area contributed by atoms with E-state index in [2.05, 4.69) is 27.8 Å². The molecule has 0 aliphatic carbocycles. The molecule has 0 bridgehead atoms. The predicted molar refractivity (Wildman–Crippen MR) is 61.2 cm³/mol. The third-order valence-corrected chi connectivity index (χ3v) is 3.94. The molecule has 1 atom stereocenters. The van der Waals surface area contributed by atoms with E-state index in [9.17, 15) is 4.79 Å². The highest BCUT2D eigenvalue weighted by molar-refractivity contribution is 9.11. The van der Waals surface area contributed by atoms with Gasteiger partial charge in [-0.2, -0.15) is 0 Å². The maximum absolute atomic E-state index is 11.7. The standard InChI is InChI=1S/C9H14BrNOS/c1-7(10)6-11-8(12)9(2)4-3-5-13-9/h1,3-6H2,2H3,(H,11,12). The van der Waals surface area contributed by atoms with Crippen molar-refractivity contribution in [2.45, 2.75) is 24.5 Å². The van der Waals surface area contributed by atoms with E-state index in [0.717, 1.165) is 23.1 Å². The molecule has 0 aromatic heterocycles. The van der Waals surface area contributed by atoms with Gasteiger partial charge in [0, 0.05) is 11.0 Å². The van der Waals surface area contributed by atoms with E-state index in [4.69, 9.17) is 0 Å². The molecule has 0 spiro atoms. The molecule has 2 nitrogen and oxygen atoms in total. The number of halogens is 1. The van der Waals surface area contributed by atoms with Crippen molar-refractivity contribution < 1.29 is 4.79 Å². The summed E-state index contributed by atoms with van der Waals surface area (Å²) in [6.45, 7) is 6.21. The van der Waals surface area contributed by atoms with Crippen LogP contribution in [0.25, 0.3) is 0 Å². The van der Waals surface area contributed by atoms with Gasteiger partial charge in [0.1, 0.15) is 0 Å². The van der Waals surface area contributed by atoms with Crippen molar-refractivity contribution in [2.75, 3.05) is 12.3 Å². The van der Waals surface area contributed by atoms with Crippen molar-refractivity contribution in [3.05, 3.63) is 11.1 Å². The number of hydrogen-bond donors (Lipinski definition) is 1. The Kier molecular flexibility index (Phi) is 3.86. The molecular weight excluding hydrogens is 250 g/mol. The molecule has 13 heavy (non-hydrogen) atoms. The maximum Gasteiger partial charge on any atom is 0.236 e. The summed E-state index contributed by atoms with van der Waals surface area (Å²) in [5.41, 5.74) is 0. The lowest BCUT2D eigenvalue weighted by Gasteiger charge is -2.21. The topological polar surface area (TPSA) is 29.1 Å². The van der Waals surface area contributed by atoms with Crippen LogP contribution in [0.15, 0.2) is 11.1 Å². The van der Waals surface area contributed by atoms with Gasteiger partial charge in [0.25, 0.3) is 0 Å². The zero-order valence-electron chi connectivity index (χ0n) is 7.73. The van der Waals surface area contributed by atoms with E-state index in [0.29, 0.717) is 6.54 Å². The minimum absolute atomic E-state index is 0.135. The fourth-order valence-corrected chi connectivity index (χ4v) is 2.69. The first-order valence-electron chi connectivity index (χ1n) is 4.30. The molecule has 0 aromatic carbocycles. The average molecular weight is 264 g/mol. The summed E-state index contributed by atoms with van der Waals surface area (Å²) in [6.07, 6.45) is 2.13. The van der Waals surface area contributed by atoms with Gasteiger partial charge >= 0.3 is 0 Å². The Balaban J connectivity index is 2.42. The van der Waals surface area contributed by atoms with Crippen LogP contribution in [-0.4, -0.2) is 23.0 Å². The summed E-state index contributed by atoms with van der Waals surface area (Å²) in [4.78, 5) is 11.7. The quantitative estimate of drug-likeness (QED) is 0.847. The van der Waals surface area contributed by atoms with Gasteiger partial charge < -0.3 is 5.32 Å². The lowest BCUT2D eigenvalue weighted by atomic mass is 10.1. The van der Waals surface area contributed by atoms with Gasteiger partial charge in [0.05, 0.1) is 4.75 Å². The first kappa shape index (κ1) is 11.1. The number of carbonyl (C=O) groups excluding carboxylic acids is 1. The zero-order chi connectivity index (χ0) is 9.90. The fraction of sp³-hybridized carbons (Fsp3) is 0.667. The van der Waals surface area contributed by atoms with Gasteiger partial charge in [-0.15, -0.1) is 11.8 Å². The van der Waals surface area contributed by atoms with Crippen molar-refractivity contribution in [3.63, 3.8) is 0 Å². The van der Waals surface area contributed by atoms with Gasteiger partial charge in [-0.25, -0.2) is 0 Å². The Bertz CT molecular complexity index is 224. The summed E-state index contributed by atoms with van der Waals surface area (Å²) in [6, 6.07) is 0. The number of hydrogen-bond acceptors (Lipinski definition) is 2. The maximum atomic E-state index is 11.7. The van der Waals surface area contributed by atoms with Crippen molar-refractivity contribution >= 4 is 33.6 Å². The van der Waals surface area contributed by atoms with Crippen molar-refractivity contribution in [1.29, 1.82) is 0 Å². The molecule has 1 heterocycles. The monoisotopic (exact) mass is 263 g/mol. The zero-order valence-corrected chi connectivity index (χ0v) is 10.1. The lowest BCUT2D eigenvalue weighted by molar-refractivity contribution is -0.122. The summed E-state index contributed by atoms with van der Waals surface area (Å²) in [5, 5.41) is 2.86. The van der Waals surface area contributed by atoms with Crippen molar-refractivity contribution in [3.8, 4) is 0 Å². The highest BCUT2D eigenvalue weighted by Crippen LogP contribution is 2.37. The van der Waals surface area contributed by atoms with E-state index >= 15 is 0 Å². The van der Waals surface area contributed by atoms with Crippen LogP contribution in [0.1, 0.15) is 19.8 Å². The Labute approximate surface area is 91.7 Å². The van der Waals surface area contributed by atoms with Gasteiger partial charge in [-0.3, -0.25) is 4.79 Å². The smallest absolute Gasteiger partial charge is 0.236 e. The molecule has 1 fully saturated rings. The van der Waals surface area contributed by atoms with Crippen LogP contribution in [0.4, 0.5) is 0 Å². The number of thioether (sulfide) groups is 1. The second-order valence-electron chi connectivity index (χ2n) is 3.38. The van der Waals surface area contributed by atoms with E-state index in [1.54, 1.807) is 11.8 Å². The van der Waals surface area contributed by atoms with Gasteiger partial charge in [0.15, 0.2) is 0 Å². The molecule has 1 saturated heterocycles. The molecule has 1 aliphatic heterocycles. The van der Waals surface area contributed by atoms with E-state index in [1.807, 2.05) is 6.92 Å². The molecule has 1 rings (SSSR count). The van der Waals surface area contributed by atoms with Crippen molar-refractivity contribution in [1.82, 2.24) is 5.32 Å². The van der Waals surface area contributed by atoms with Crippen molar-refractivity contribution in [2.24, 2.45) is 0 Å². The van der Waals surface area contributed by atoms with Crippen LogP contribution in [0.2, 0.25) is 0 Å². The number of nitrogens with one attached hydrogen (secondary N) is 1. The first-order valence-corrected chi connectivity index (χ1v) is 6.08. The molecule has 1 aliphatic rings. The molecule has 0 saturated carbocycles. The highest BCUT2D eigenvalue weighted by atomic mass is 79.9. The fourth-order valence-electron chi connectivity index (χ4n) is 1.32. The third kappa shape index (κ3) is 3.02. The average Bonchev–Trinajstić information content (AvgIpc) is 2.49. The second-order valence-corrected chi connectivity index (χ2v) is 6.10. The van der Waals surface area contributed by atoms with E-state index in [-0.39, 0.29) is 10.7 Å². The van der Waals surface area contributed by atoms with Crippen LogP contribution in [0, 0.1) is 0 Å². The third-order valence-electron chi connectivity index (χ3n) is 2.14. The van der Waals surface area contributed by atoms with Crippen LogP contribution in [0.5, 0.6) is 0 Å². The summed E-state index contributed by atoms with van der Waals surface area (Å²) in [5.74, 6) is 1.23. The molecule has 74 valence electrons. The molecule has 4 heteroatoms. The van der Waals surface area contributed by atoms with Gasteiger partial charge in [-0.05, 0) is 25.5 Å². The Morgan fingerprint density at radius 1 is 1.77 bits per heavy atom. The largest absolute Gasteiger partial charge is 0.350 e. The van der Waals surface area contributed by atoms with Crippen LogP contribution < -0.4 is 5.32 Å². The summed E-state index contributed by atoms with van der Waals surface area (Å²) in [7, 11) is 0. The molecular formula is C9H14BrNOS. The molecule has 1 unspecified atom stereocenters. The van der Waals surface area contributed by atoms with Crippen LogP contribution >= 0.6 is 27.7 Å². The van der Waals surface area contributed by atoms with Crippen LogP contribution in [0.3, 0.4) is 0 Å². The number of rotatable bonds is 3. The number of carbonyl (C=O) groups is 1. The van der Waals surface area contributed by atoms with Crippen LogP contribution in [-0.2, 0) is 4.79 Å². The summed E-state index contributed by atoms with van der Waals surface area (Å²) < 4.78 is 0.607. The molecule has 0 radical (unpaired) electrons. The van der Waals surface area contributed by atoms with Gasteiger partial charge in [0.2, 0.25) is 5.91 Å². The predicted octanol–water partition coefficient (Wildman–Crippen LogP) is 2.30.